The molecule has 4 aromatic rings. The first-order chi connectivity index (χ1) is 18.8. The van der Waals surface area contributed by atoms with Gasteiger partial charge in [0, 0.05) is 29.6 Å². The minimum absolute atomic E-state index is 0.248. The molecule has 1 amide bonds. The standard InChI is InChI=1S/C30H33N3O4S2/c1-4-19-33(20-5-2)39(35,36)27-17-13-23(14-18-27)22-7-9-25(10-8-22)29(34)32-30-31-28(21-38-30)24-11-15-26(16-12-24)37-6-3/h7-18,21H,4-6,19-20H2,1-3H3,(H,31,32,34). The minimum atomic E-state index is -3.52. The molecule has 0 unspecified atom stereocenters. The van der Waals surface area contributed by atoms with Gasteiger partial charge in [0.2, 0.25) is 10.0 Å². The number of rotatable bonds is 12. The fraction of sp³-hybridized carbons (Fsp3) is 0.267. The maximum Gasteiger partial charge on any atom is 0.257 e. The topological polar surface area (TPSA) is 88.6 Å². The van der Waals surface area contributed by atoms with Gasteiger partial charge in [0.1, 0.15) is 5.75 Å². The SMILES string of the molecule is CCCN(CCC)S(=O)(=O)c1ccc(-c2ccc(C(=O)Nc3nc(-c4ccc(OCC)cc4)cs3)cc2)cc1. The van der Waals surface area contributed by atoms with Crippen molar-refractivity contribution < 1.29 is 17.9 Å². The highest BCUT2D eigenvalue weighted by molar-refractivity contribution is 7.89. The van der Waals surface area contributed by atoms with Gasteiger partial charge in [-0.1, -0.05) is 38.1 Å². The van der Waals surface area contributed by atoms with Crippen molar-refractivity contribution in [1.29, 1.82) is 0 Å². The number of benzene rings is 3. The van der Waals surface area contributed by atoms with Crippen LogP contribution in [-0.2, 0) is 10.0 Å². The summed E-state index contributed by atoms with van der Waals surface area (Å²) in [5.74, 6) is 0.558. The van der Waals surface area contributed by atoms with Crippen molar-refractivity contribution in [1.82, 2.24) is 9.29 Å². The molecular formula is C30H33N3O4S2. The quantitative estimate of drug-likeness (QED) is 0.202. The summed E-state index contributed by atoms with van der Waals surface area (Å²) in [6.07, 6.45) is 1.54. The number of anilines is 1. The molecule has 9 heteroatoms. The highest BCUT2D eigenvalue weighted by Gasteiger charge is 2.23. The summed E-state index contributed by atoms with van der Waals surface area (Å²) in [5.41, 5.74) is 4.00. The van der Waals surface area contributed by atoms with Gasteiger partial charge in [0.25, 0.3) is 5.91 Å². The third kappa shape index (κ3) is 6.92. The third-order valence-corrected chi connectivity index (χ3v) is 8.77. The zero-order valence-corrected chi connectivity index (χ0v) is 24.0. The number of carbonyl (C=O) groups is 1. The lowest BCUT2D eigenvalue weighted by Gasteiger charge is -2.21. The van der Waals surface area contributed by atoms with Crippen LogP contribution in [0, 0.1) is 0 Å². The van der Waals surface area contributed by atoms with Crippen LogP contribution in [0.3, 0.4) is 0 Å². The Morgan fingerprint density at radius 3 is 1.97 bits per heavy atom. The van der Waals surface area contributed by atoms with E-state index in [1.807, 2.05) is 62.5 Å². The van der Waals surface area contributed by atoms with Crippen LogP contribution in [0.5, 0.6) is 5.75 Å². The highest BCUT2D eigenvalue weighted by Crippen LogP contribution is 2.28. The predicted octanol–water partition coefficient (Wildman–Crippen LogP) is 6.94. The van der Waals surface area contributed by atoms with Crippen LogP contribution in [-0.4, -0.2) is 43.3 Å². The van der Waals surface area contributed by atoms with Gasteiger partial charge in [-0.25, -0.2) is 13.4 Å². The summed E-state index contributed by atoms with van der Waals surface area (Å²) < 4.78 is 33.1. The Morgan fingerprint density at radius 1 is 0.846 bits per heavy atom. The van der Waals surface area contributed by atoms with E-state index >= 15 is 0 Å². The van der Waals surface area contributed by atoms with Crippen molar-refractivity contribution in [3.63, 3.8) is 0 Å². The second kappa shape index (κ2) is 13.0. The molecule has 1 heterocycles. The fourth-order valence-corrected chi connectivity index (χ4v) is 6.49. The minimum Gasteiger partial charge on any atom is -0.494 e. The lowest BCUT2D eigenvalue weighted by atomic mass is 10.0. The van der Waals surface area contributed by atoms with Crippen molar-refractivity contribution in [2.75, 3.05) is 25.0 Å². The molecule has 1 aromatic heterocycles. The molecule has 4 rings (SSSR count). The second-order valence-corrected chi connectivity index (χ2v) is 11.8. The fourth-order valence-electron chi connectivity index (χ4n) is 4.16. The Labute approximate surface area is 234 Å². The lowest BCUT2D eigenvalue weighted by Crippen LogP contribution is -2.32. The average molecular weight is 564 g/mol. The van der Waals surface area contributed by atoms with E-state index in [1.54, 1.807) is 40.7 Å². The largest absolute Gasteiger partial charge is 0.494 e. The smallest absolute Gasteiger partial charge is 0.257 e. The summed E-state index contributed by atoms with van der Waals surface area (Å²) in [6, 6.07) is 21.8. The van der Waals surface area contributed by atoms with Gasteiger partial charge >= 0.3 is 0 Å². The van der Waals surface area contributed by atoms with Crippen LogP contribution >= 0.6 is 11.3 Å². The van der Waals surface area contributed by atoms with Crippen LogP contribution < -0.4 is 10.1 Å². The molecule has 0 radical (unpaired) electrons. The number of nitrogens with zero attached hydrogens (tertiary/aromatic N) is 2. The van der Waals surface area contributed by atoms with Crippen molar-refractivity contribution in [3.8, 4) is 28.1 Å². The Bertz CT molecular complexity index is 1470. The number of hydrogen-bond donors (Lipinski definition) is 1. The Morgan fingerprint density at radius 2 is 1.41 bits per heavy atom. The van der Waals surface area contributed by atoms with E-state index in [4.69, 9.17) is 4.74 Å². The van der Waals surface area contributed by atoms with Crippen molar-refractivity contribution >= 4 is 32.4 Å². The predicted molar refractivity (Wildman–Crippen MR) is 158 cm³/mol. The van der Waals surface area contributed by atoms with Crippen molar-refractivity contribution in [2.24, 2.45) is 0 Å². The molecule has 39 heavy (non-hydrogen) atoms. The lowest BCUT2D eigenvalue weighted by molar-refractivity contribution is 0.102. The molecule has 0 bridgehead atoms. The summed E-state index contributed by atoms with van der Waals surface area (Å²) in [7, 11) is -3.52. The molecule has 1 N–H and O–H groups in total. The summed E-state index contributed by atoms with van der Waals surface area (Å²) in [6.45, 7) is 7.52. The Kier molecular flexibility index (Phi) is 9.50. The zero-order chi connectivity index (χ0) is 27.8. The first kappa shape index (κ1) is 28.5. The third-order valence-electron chi connectivity index (χ3n) is 6.10. The summed E-state index contributed by atoms with van der Waals surface area (Å²) >= 11 is 1.37. The molecular weight excluding hydrogens is 530 g/mol. The van der Waals surface area contributed by atoms with E-state index in [2.05, 4.69) is 10.3 Å². The molecule has 7 nitrogen and oxygen atoms in total. The van der Waals surface area contributed by atoms with Gasteiger partial charge < -0.3 is 4.74 Å². The van der Waals surface area contributed by atoms with Crippen LogP contribution in [0.1, 0.15) is 44.0 Å². The number of amides is 1. The number of hydrogen-bond acceptors (Lipinski definition) is 6. The van der Waals surface area contributed by atoms with Gasteiger partial charge in [-0.05, 0) is 79.4 Å². The molecule has 0 saturated carbocycles. The molecule has 0 aliphatic heterocycles. The number of thiazole rings is 1. The number of sulfonamides is 1. The van der Waals surface area contributed by atoms with Crippen LogP contribution in [0.25, 0.3) is 22.4 Å². The molecule has 0 aliphatic rings. The molecule has 0 fully saturated rings. The second-order valence-electron chi connectivity index (χ2n) is 8.96. The maximum absolute atomic E-state index is 13.0. The molecule has 204 valence electrons. The van der Waals surface area contributed by atoms with Gasteiger partial charge in [0.15, 0.2) is 5.13 Å². The number of aromatic nitrogens is 1. The van der Waals surface area contributed by atoms with E-state index < -0.39 is 10.0 Å². The van der Waals surface area contributed by atoms with Crippen LogP contribution in [0.2, 0.25) is 0 Å². The molecule has 0 atom stereocenters. The highest BCUT2D eigenvalue weighted by atomic mass is 32.2. The van der Waals surface area contributed by atoms with Gasteiger partial charge in [-0.3, -0.25) is 10.1 Å². The van der Waals surface area contributed by atoms with Crippen molar-refractivity contribution in [2.45, 2.75) is 38.5 Å². The summed E-state index contributed by atoms with van der Waals surface area (Å²) in [4.78, 5) is 17.6. The van der Waals surface area contributed by atoms with Crippen LogP contribution in [0.4, 0.5) is 5.13 Å². The molecule has 0 spiro atoms. The molecule has 0 saturated heterocycles. The summed E-state index contributed by atoms with van der Waals surface area (Å²) in [5, 5.41) is 5.29. The van der Waals surface area contributed by atoms with E-state index in [0.29, 0.717) is 30.4 Å². The van der Waals surface area contributed by atoms with Crippen LogP contribution in [0.15, 0.2) is 83.1 Å². The van der Waals surface area contributed by atoms with E-state index in [0.717, 1.165) is 41.0 Å². The monoisotopic (exact) mass is 563 g/mol. The van der Waals surface area contributed by atoms with Gasteiger partial charge in [-0.15, -0.1) is 11.3 Å². The molecule has 3 aromatic carbocycles. The Hall–Kier alpha value is -3.53. The average Bonchev–Trinajstić information content (AvgIpc) is 3.42. The first-order valence-electron chi connectivity index (χ1n) is 13.1. The number of carbonyl (C=O) groups excluding carboxylic acids is 1. The van der Waals surface area contributed by atoms with Crippen molar-refractivity contribution in [3.05, 3.63) is 83.7 Å². The van der Waals surface area contributed by atoms with E-state index in [-0.39, 0.29) is 10.8 Å². The van der Waals surface area contributed by atoms with E-state index in [9.17, 15) is 13.2 Å². The maximum atomic E-state index is 13.0. The number of nitrogens with one attached hydrogen (secondary N) is 1. The molecule has 0 aliphatic carbocycles. The number of ether oxygens (including phenoxy) is 1. The first-order valence-corrected chi connectivity index (χ1v) is 15.4. The zero-order valence-electron chi connectivity index (χ0n) is 22.4. The van der Waals surface area contributed by atoms with Gasteiger partial charge in [0.05, 0.1) is 17.2 Å². The Balaban J connectivity index is 1.41. The van der Waals surface area contributed by atoms with Gasteiger partial charge in [-0.2, -0.15) is 4.31 Å². The van der Waals surface area contributed by atoms with E-state index in [1.165, 1.54) is 11.3 Å². The normalized spacial score (nSPS) is 11.5.